The van der Waals surface area contributed by atoms with Crippen molar-refractivity contribution in [1.29, 1.82) is 5.26 Å². The molecule has 0 aromatic rings. The van der Waals surface area contributed by atoms with E-state index in [0.717, 1.165) is 44.4 Å². The van der Waals surface area contributed by atoms with Crippen molar-refractivity contribution in [1.82, 2.24) is 0 Å². The first-order valence-corrected chi connectivity index (χ1v) is 7.92. The Morgan fingerprint density at radius 1 is 1.26 bits per heavy atom. The Labute approximate surface area is 118 Å². The fourth-order valence-electron chi connectivity index (χ4n) is 4.83. The molecule has 2 atom stereocenters. The molecule has 0 aromatic heterocycles. The van der Waals surface area contributed by atoms with Crippen molar-refractivity contribution in [3.05, 3.63) is 0 Å². The van der Waals surface area contributed by atoms with Crippen LogP contribution in [-0.4, -0.2) is 10.7 Å². The highest BCUT2D eigenvalue weighted by Gasteiger charge is 2.60. The van der Waals surface area contributed by atoms with Gasteiger partial charge in [0.2, 0.25) is 0 Å². The van der Waals surface area contributed by atoms with E-state index in [0.29, 0.717) is 0 Å². The maximum absolute atomic E-state index is 11.3. The molecule has 0 saturated heterocycles. The van der Waals surface area contributed by atoms with E-state index in [-0.39, 0.29) is 11.3 Å². The van der Waals surface area contributed by atoms with Crippen molar-refractivity contribution >= 4 is 0 Å². The van der Waals surface area contributed by atoms with Gasteiger partial charge in [-0.05, 0) is 55.8 Å². The molecule has 2 saturated carbocycles. The summed E-state index contributed by atoms with van der Waals surface area (Å²) in [5, 5.41) is 21.1. The third kappa shape index (κ3) is 2.31. The van der Waals surface area contributed by atoms with Gasteiger partial charge in [0.25, 0.3) is 0 Å². The topological polar surface area (TPSA) is 44.0 Å². The van der Waals surface area contributed by atoms with Gasteiger partial charge in [-0.3, -0.25) is 0 Å². The lowest BCUT2D eigenvalue weighted by atomic mass is 9.58. The molecule has 2 fully saturated rings. The summed E-state index contributed by atoms with van der Waals surface area (Å²) in [6.45, 7) is 8.83. The summed E-state index contributed by atoms with van der Waals surface area (Å²) in [5.41, 5.74) is -1.10. The highest BCUT2D eigenvalue weighted by molar-refractivity contribution is 5.18. The predicted octanol–water partition coefficient (Wildman–Crippen LogP) is 4.28. The Kier molecular flexibility index (Phi) is 3.73. The first kappa shape index (κ1) is 14.9. The van der Waals surface area contributed by atoms with Crippen LogP contribution in [0.4, 0.5) is 0 Å². The molecule has 2 unspecified atom stereocenters. The predicted molar refractivity (Wildman–Crippen MR) is 77.4 cm³/mol. The summed E-state index contributed by atoms with van der Waals surface area (Å²) >= 11 is 0. The Bertz CT molecular complexity index is 373. The van der Waals surface area contributed by atoms with E-state index < -0.39 is 11.0 Å². The van der Waals surface area contributed by atoms with Crippen molar-refractivity contribution in [2.24, 2.45) is 22.7 Å². The van der Waals surface area contributed by atoms with Crippen LogP contribution in [0.3, 0.4) is 0 Å². The molecule has 2 aliphatic carbocycles. The number of hydrogen-bond donors (Lipinski definition) is 1. The van der Waals surface area contributed by atoms with Crippen molar-refractivity contribution < 1.29 is 5.11 Å². The van der Waals surface area contributed by atoms with Gasteiger partial charge in [0.15, 0.2) is 0 Å². The van der Waals surface area contributed by atoms with Crippen LogP contribution in [0.1, 0.15) is 72.6 Å². The molecule has 2 aliphatic rings. The van der Waals surface area contributed by atoms with Crippen LogP contribution in [0.5, 0.6) is 0 Å². The van der Waals surface area contributed by atoms with Crippen molar-refractivity contribution in [2.45, 2.75) is 78.2 Å². The van der Waals surface area contributed by atoms with E-state index in [9.17, 15) is 10.4 Å². The Hall–Kier alpha value is -0.550. The lowest BCUT2D eigenvalue weighted by Gasteiger charge is -2.47. The SMILES string of the molecule is CCC1CCC(C#N)(C2(O)CC(C)(C)CC2C)CC1. The smallest absolute Gasteiger partial charge is 0.0863 e. The van der Waals surface area contributed by atoms with Crippen LogP contribution in [0, 0.1) is 34.0 Å². The van der Waals surface area contributed by atoms with Gasteiger partial charge in [-0.15, -0.1) is 0 Å². The van der Waals surface area contributed by atoms with Gasteiger partial charge in [-0.2, -0.15) is 5.26 Å². The third-order valence-corrected chi connectivity index (χ3v) is 6.00. The van der Waals surface area contributed by atoms with Crippen LogP contribution >= 0.6 is 0 Å². The molecule has 0 aromatic carbocycles. The average molecular weight is 263 g/mol. The monoisotopic (exact) mass is 263 g/mol. The zero-order valence-corrected chi connectivity index (χ0v) is 13.0. The highest BCUT2D eigenvalue weighted by Crippen LogP contribution is 2.59. The van der Waals surface area contributed by atoms with Gasteiger partial charge in [0.05, 0.1) is 17.1 Å². The molecular weight excluding hydrogens is 234 g/mol. The zero-order chi connectivity index (χ0) is 14.3. The number of nitrogens with zero attached hydrogens (tertiary/aromatic N) is 1. The molecule has 0 amide bonds. The highest BCUT2D eigenvalue weighted by atomic mass is 16.3. The lowest BCUT2D eigenvalue weighted by molar-refractivity contribution is -0.104. The minimum Gasteiger partial charge on any atom is -0.388 e. The van der Waals surface area contributed by atoms with Crippen molar-refractivity contribution in [3.63, 3.8) is 0 Å². The third-order valence-electron chi connectivity index (χ3n) is 6.00. The quantitative estimate of drug-likeness (QED) is 0.808. The molecule has 1 N–H and O–H groups in total. The molecule has 2 nitrogen and oxygen atoms in total. The van der Waals surface area contributed by atoms with Gasteiger partial charge >= 0.3 is 0 Å². The minimum absolute atomic E-state index is 0.166. The van der Waals surface area contributed by atoms with Crippen molar-refractivity contribution in [2.75, 3.05) is 0 Å². The maximum Gasteiger partial charge on any atom is 0.0863 e. The van der Waals surface area contributed by atoms with Gasteiger partial charge in [-0.1, -0.05) is 34.1 Å². The van der Waals surface area contributed by atoms with E-state index in [4.69, 9.17) is 0 Å². The van der Waals surface area contributed by atoms with Gasteiger partial charge in [0.1, 0.15) is 0 Å². The minimum atomic E-state index is -0.774. The Morgan fingerprint density at radius 2 is 1.84 bits per heavy atom. The fourth-order valence-corrected chi connectivity index (χ4v) is 4.83. The first-order valence-electron chi connectivity index (χ1n) is 7.92. The molecule has 0 aliphatic heterocycles. The molecular formula is C17H29NO. The van der Waals surface area contributed by atoms with E-state index >= 15 is 0 Å². The average Bonchev–Trinajstić information content (AvgIpc) is 2.59. The van der Waals surface area contributed by atoms with Crippen LogP contribution in [-0.2, 0) is 0 Å². The van der Waals surface area contributed by atoms with E-state index in [2.05, 4.69) is 33.8 Å². The maximum atomic E-state index is 11.3. The zero-order valence-electron chi connectivity index (χ0n) is 13.0. The summed E-state index contributed by atoms with van der Waals surface area (Å²) in [7, 11) is 0. The molecule has 0 bridgehead atoms. The number of rotatable bonds is 2. The summed E-state index contributed by atoms with van der Waals surface area (Å²) in [6.07, 6.45) is 7.02. The Morgan fingerprint density at radius 3 is 2.21 bits per heavy atom. The number of aliphatic hydroxyl groups is 1. The largest absolute Gasteiger partial charge is 0.388 e. The molecule has 108 valence electrons. The van der Waals surface area contributed by atoms with E-state index in [1.165, 1.54) is 6.42 Å². The molecule has 0 heterocycles. The summed E-state index contributed by atoms with van der Waals surface area (Å²) < 4.78 is 0. The van der Waals surface area contributed by atoms with Crippen LogP contribution in [0.25, 0.3) is 0 Å². The summed E-state index contributed by atoms with van der Waals surface area (Å²) in [6, 6.07) is 2.56. The second-order valence-corrected chi connectivity index (χ2v) is 7.92. The van der Waals surface area contributed by atoms with E-state index in [1.54, 1.807) is 0 Å². The molecule has 19 heavy (non-hydrogen) atoms. The first-order chi connectivity index (χ1) is 8.78. The van der Waals surface area contributed by atoms with E-state index in [1.807, 2.05) is 0 Å². The summed E-state index contributed by atoms with van der Waals surface area (Å²) in [4.78, 5) is 0. The second kappa shape index (κ2) is 4.77. The molecule has 0 spiro atoms. The standard InChI is InChI=1S/C17H29NO/c1-5-14-6-8-16(12-18,9-7-14)17(19)11-15(3,4)10-13(17)2/h13-14,19H,5-11H2,1-4H3. The lowest BCUT2D eigenvalue weighted by Crippen LogP contribution is -2.51. The molecule has 2 rings (SSSR count). The molecule has 0 radical (unpaired) electrons. The Balaban J connectivity index is 2.25. The number of nitriles is 1. The van der Waals surface area contributed by atoms with Crippen LogP contribution in [0.15, 0.2) is 0 Å². The van der Waals surface area contributed by atoms with Crippen LogP contribution in [0.2, 0.25) is 0 Å². The van der Waals surface area contributed by atoms with Crippen LogP contribution < -0.4 is 0 Å². The molecule has 2 heteroatoms. The number of hydrogen-bond acceptors (Lipinski definition) is 2. The van der Waals surface area contributed by atoms with Gasteiger partial charge in [-0.25, -0.2) is 0 Å². The van der Waals surface area contributed by atoms with Gasteiger partial charge < -0.3 is 5.11 Å². The van der Waals surface area contributed by atoms with Gasteiger partial charge in [0, 0.05) is 0 Å². The summed E-state index contributed by atoms with van der Waals surface area (Å²) in [5.74, 6) is 0.995. The van der Waals surface area contributed by atoms with Crippen molar-refractivity contribution in [3.8, 4) is 6.07 Å². The second-order valence-electron chi connectivity index (χ2n) is 7.92. The normalized spacial score (nSPS) is 45.9. The fraction of sp³-hybridized carbons (Fsp3) is 0.941.